The molecule has 0 fully saturated rings. The molecule has 3 atom stereocenters. The first kappa shape index (κ1) is 24.6. The summed E-state index contributed by atoms with van der Waals surface area (Å²) in [4.78, 5) is 59.8. The van der Waals surface area contributed by atoms with Gasteiger partial charge in [0.1, 0.15) is 24.4 Å². The van der Waals surface area contributed by atoms with Crippen LogP contribution in [0, 0.1) is 6.54 Å². The zero-order valence-electron chi connectivity index (χ0n) is 17.6. The van der Waals surface area contributed by atoms with Crippen LogP contribution in [0.4, 0.5) is 5.69 Å². The number of benzene rings is 1. The molecule has 1 heterocycles. The Labute approximate surface area is 184 Å². The molecule has 0 saturated heterocycles. The molecule has 1 aromatic rings. The second-order valence-electron chi connectivity index (χ2n) is 7.27. The minimum atomic E-state index is -1.32. The molecular weight excluding hydrogens is 422 g/mol. The lowest BCUT2D eigenvalue weighted by molar-refractivity contribution is -0.138. The fraction of sp³-hybridized carbons (Fsp3) is 0.400. The number of carbonyl (C=O) groups excluding carboxylic acids is 4. The quantitative estimate of drug-likeness (QED) is 0.342. The standard InChI is InChI=1S/C20H26N5O7/c1-10-9-32-16-5-3-12(24-11(2)26)7-13(16)18(29)22-8-14(21)19(30)25-15(20(31)23-10)4-6-17(27)28/h3,5,7-8,10,14-15H,4,6,9,21H2,1-2H3,(H,22,29)(H,23,31)(H,24,26)(H,25,30)(H,27,28). The predicted octanol–water partition coefficient (Wildman–Crippen LogP) is -0.889. The van der Waals surface area contributed by atoms with Crippen molar-refractivity contribution in [2.75, 3.05) is 11.9 Å². The summed E-state index contributed by atoms with van der Waals surface area (Å²) in [6.07, 6.45) is -0.489. The van der Waals surface area contributed by atoms with Crippen LogP contribution in [-0.4, -0.2) is 59.4 Å². The molecule has 0 bridgehead atoms. The Balaban J connectivity index is 2.29. The van der Waals surface area contributed by atoms with Gasteiger partial charge in [0, 0.05) is 19.0 Å². The number of nitrogens with two attached hydrogens (primary N) is 1. The molecule has 0 aromatic heterocycles. The topological polar surface area (TPSA) is 189 Å². The fourth-order valence-corrected chi connectivity index (χ4v) is 2.84. The molecule has 4 amide bonds. The van der Waals surface area contributed by atoms with E-state index in [1.807, 2.05) is 0 Å². The van der Waals surface area contributed by atoms with Crippen LogP contribution >= 0.6 is 0 Å². The third-order valence-corrected chi connectivity index (χ3v) is 4.40. The lowest BCUT2D eigenvalue weighted by Crippen LogP contribution is -2.54. The van der Waals surface area contributed by atoms with Gasteiger partial charge in [0.2, 0.25) is 17.7 Å². The zero-order valence-corrected chi connectivity index (χ0v) is 17.6. The van der Waals surface area contributed by atoms with Gasteiger partial charge in [0.05, 0.1) is 18.2 Å². The average Bonchev–Trinajstić information content (AvgIpc) is 2.72. The van der Waals surface area contributed by atoms with Crippen molar-refractivity contribution in [2.45, 2.75) is 44.8 Å². The van der Waals surface area contributed by atoms with E-state index >= 15 is 0 Å². The van der Waals surface area contributed by atoms with Crippen molar-refractivity contribution in [1.29, 1.82) is 0 Å². The highest BCUT2D eigenvalue weighted by atomic mass is 16.5. The van der Waals surface area contributed by atoms with E-state index in [0.717, 1.165) is 6.54 Å². The van der Waals surface area contributed by atoms with Gasteiger partial charge in [-0.2, -0.15) is 0 Å². The van der Waals surface area contributed by atoms with Gasteiger partial charge in [0.25, 0.3) is 5.91 Å². The summed E-state index contributed by atoms with van der Waals surface area (Å²) in [5.74, 6) is -3.27. The number of amides is 4. The first-order valence-corrected chi connectivity index (χ1v) is 9.83. The van der Waals surface area contributed by atoms with Crippen LogP contribution in [0.5, 0.6) is 5.75 Å². The van der Waals surface area contributed by atoms with Crippen LogP contribution in [0.15, 0.2) is 18.2 Å². The van der Waals surface area contributed by atoms with Gasteiger partial charge in [-0.3, -0.25) is 24.0 Å². The highest BCUT2D eigenvalue weighted by molar-refractivity contribution is 6.00. The number of carboxylic acid groups (broad SMARTS) is 1. The maximum Gasteiger partial charge on any atom is 0.303 e. The third kappa shape index (κ3) is 7.23. The number of hydrogen-bond donors (Lipinski definition) is 6. The summed E-state index contributed by atoms with van der Waals surface area (Å²) < 4.78 is 5.69. The molecule has 2 rings (SSSR count). The maximum absolute atomic E-state index is 12.7. The van der Waals surface area contributed by atoms with E-state index in [1.165, 1.54) is 19.1 Å². The Bertz CT molecular complexity index is 904. The first-order chi connectivity index (χ1) is 15.1. The van der Waals surface area contributed by atoms with E-state index in [-0.39, 0.29) is 36.7 Å². The van der Waals surface area contributed by atoms with Gasteiger partial charge >= 0.3 is 5.97 Å². The van der Waals surface area contributed by atoms with E-state index < -0.39 is 41.8 Å². The molecule has 0 aliphatic carbocycles. The molecular formula is C20H26N5O7. The Morgan fingerprint density at radius 2 is 1.94 bits per heavy atom. The molecule has 12 nitrogen and oxygen atoms in total. The summed E-state index contributed by atoms with van der Waals surface area (Å²) >= 11 is 0. The number of fused-ring (bicyclic) bond motifs is 1. The smallest absolute Gasteiger partial charge is 0.303 e. The molecule has 173 valence electrons. The summed E-state index contributed by atoms with van der Waals surface area (Å²) in [5.41, 5.74) is 6.22. The highest BCUT2D eigenvalue weighted by Gasteiger charge is 2.27. The molecule has 7 N–H and O–H groups in total. The molecule has 1 aliphatic heterocycles. The molecule has 3 unspecified atom stereocenters. The number of hydrogen-bond acceptors (Lipinski definition) is 7. The minimum Gasteiger partial charge on any atom is -0.491 e. The van der Waals surface area contributed by atoms with Crippen LogP contribution in [-0.2, 0) is 19.2 Å². The van der Waals surface area contributed by atoms with Crippen LogP contribution in [0.2, 0.25) is 0 Å². The first-order valence-electron chi connectivity index (χ1n) is 9.83. The molecule has 0 spiro atoms. The van der Waals surface area contributed by atoms with Crippen molar-refractivity contribution in [3.8, 4) is 5.75 Å². The number of rotatable bonds is 4. The second kappa shape index (κ2) is 11.1. The van der Waals surface area contributed by atoms with E-state index in [1.54, 1.807) is 13.0 Å². The zero-order chi connectivity index (χ0) is 23.8. The SMILES string of the molecule is CC(=O)Nc1ccc2c(c1)C(=O)N[CH]C(N)C(=O)NC(CCC(=O)O)C(=O)NC(C)CO2. The lowest BCUT2D eigenvalue weighted by atomic mass is 10.1. The van der Waals surface area contributed by atoms with Gasteiger partial charge < -0.3 is 36.8 Å². The molecule has 1 aromatic carbocycles. The van der Waals surface area contributed by atoms with E-state index in [4.69, 9.17) is 15.6 Å². The number of ether oxygens (including phenoxy) is 1. The average molecular weight is 448 g/mol. The van der Waals surface area contributed by atoms with Gasteiger partial charge in [-0.1, -0.05) is 0 Å². The van der Waals surface area contributed by atoms with Crippen molar-refractivity contribution < 1.29 is 33.8 Å². The maximum atomic E-state index is 12.7. The normalized spacial score (nSPS) is 22.2. The van der Waals surface area contributed by atoms with Gasteiger partial charge in [0.15, 0.2) is 0 Å². The third-order valence-electron chi connectivity index (χ3n) is 4.40. The number of nitrogens with one attached hydrogen (secondary N) is 4. The Morgan fingerprint density at radius 3 is 2.59 bits per heavy atom. The summed E-state index contributed by atoms with van der Waals surface area (Å²) in [7, 11) is 0. The largest absolute Gasteiger partial charge is 0.491 e. The number of anilines is 1. The molecule has 12 heteroatoms. The summed E-state index contributed by atoms with van der Waals surface area (Å²) in [5, 5.41) is 18.9. The Morgan fingerprint density at radius 1 is 1.22 bits per heavy atom. The highest BCUT2D eigenvalue weighted by Crippen LogP contribution is 2.23. The van der Waals surface area contributed by atoms with Crippen LogP contribution in [0.1, 0.15) is 37.0 Å². The Kier molecular flexibility index (Phi) is 8.53. The van der Waals surface area contributed by atoms with Crippen LogP contribution in [0.25, 0.3) is 0 Å². The van der Waals surface area contributed by atoms with Crippen molar-refractivity contribution in [3.63, 3.8) is 0 Å². The second-order valence-corrected chi connectivity index (χ2v) is 7.27. The number of carboxylic acids is 1. The van der Waals surface area contributed by atoms with Gasteiger partial charge in [-0.05, 0) is 31.5 Å². The predicted molar refractivity (Wildman–Crippen MR) is 112 cm³/mol. The fourth-order valence-electron chi connectivity index (χ4n) is 2.84. The molecule has 0 saturated carbocycles. The minimum absolute atomic E-state index is 0.0195. The van der Waals surface area contributed by atoms with E-state index in [9.17, 15) is 24.0 Å². The molecule has 32 heavy (non-hydrogen) atoms. The van der Waals surface area contributed by atoms with Crippen molar-refractivity contribution in [1.82, 2.24) is 16.0 Å². The summed E-state index contributed by atoms with van der Waals surface area (Å²) in [6.45, 7) is 3.98. The van der Waals surface area contributed by atoms with E-state index in [0.29, 0.717) is 5.69 Å². The van der Waals surface area contributed by atoms with Crippen molar-refractivity contribution in [2.24, 2.45) is 5.73 Å². The summed E-state index contributed by atoms with van der Waals surface area (Å²) in [6, 6.07) is 1.45. The monoisotopic (exact) mass is 448 g/mol. The number of aliphatic carboxylic acids is 1. The lowest BCUT2D eigenvalue weighted by Gasteiger charge is -2.24. The van der Waals surface area contributed by atoms with Crippen LogP contribution < -0.4 is 31.7 Å². The Hall–Kier alpha value is -3.67. The van der Waals surface area contributed by atoms with E-state index in [2.05, 4.69) is 21.3 Å². The van der Waals surface area contributed by atoms with Gasteiger partial charge in [-0.15, -0.1) is 0 Å². The molecule has 1 aliphatic rings. The van der Waals surface area contributed by atoms with Crippen LogP contribution in [0.3, 0.4) is 0 Å². The van der Waals surface area contributed by atoms with Gasteiger partial charge in [-0.25, -0.2) is 0 Å². The van der Waals surface area contributed by atoms with Crippen molar-refractivity contribution >= 4 is 35.3 Å². The number of carbonyl (C=O) groups is 5. The molecule has 1 radical (unpaired) electrons. The van der Waals surface area contributed by atoms with Crippen molar-refractivity contribution in [3.05, 3.63) is 30.3 Å².